The maximum Gasteiger partial charge on any atom is 0.210 e. The van der Waals surface area contributed by atoms with Gasteiger partial charge in [-0.15, -0.1) is 10.2 Å². The number of rotatable bonds is 5. The predicted octanol–water partition coefficient (Wildman–Crippen LogP) is 2.82. The van der Waals surface area contributed by atoms with Gasteiger partial charge in [-0.2, -0.15) is 0 Å². The summed E-state index contributed by atoms with van der Waals surface area (Å²) in [6.07, 6.45) is 4.05. The van der Waals surface area contributed by atoms with E-state index in [-0.39, 0.29) is 0 Å². The Balaban J connectivity index is 1.45. The molecule has 0 radical (unpaired) electrons. The summed E-state index contributed by atoms with van der Waals surface area (Å²) in [6.45, 7) is 0. The van der Waals surface area contributed by atoms with Gasteiger partial charge in [-0.1, -0.05) is 42.1 Å². The molecule has 1 fully saturated rings. The van der Waals surface area contributed by atoms with Crippen LogP contribution < -0.4 is 5.84 Å². The summed E-state index contributed by atoms with van der Waals surface area (Å²) in [5.74, 6) is 9.38. The highest BCUT2D eigenvalue weighted by molar-refractivity contribution is 7.98. The Labute approximate surface area is 131 Å². The van der Waals surface area contributed by atoms with Crippen molar-refractivity contribution in [1.29, 1.82) is 0 Å². The molecular weight excluding hydrogens is 298 g/mol. The van der Waals surface area contributed by atoms with Gasteiger partial charge in [0.05, 0.1) is 11.9 Å². The van der Waals surface area contributed by atoms with E-state index in [0.717, 1.165) is 30.0 Å². The second kappa shape index (κ2) is 5.49. The monoisotopic (exact) mass is 313 g/mol. The van der Waals surface area contributed by atoms with Crippen LogP contribution in [0.25, 0.3) is 11.3 Å². The fourth-order valence-corrected chi connectivity index (χ4v) is 2.96. The zero-order valence-electron chi connectivity index (χ0n) is 11.8. The Morgan fingerprint density at radius 3 is 2.82 bits per heavy atom. The molecule has 1 saturated carbocycles. The van der Waals surface area contributed by atoms with Crippen LogP contribution in [0.15, 0.2) is 46.1 Å². The second-order valence-electron chi connectivity index (χ2n) is 5.26. The molecule has 3 aromatic rings. The van der Waals surface area contributed by atoms with Crippen molar-refractivity contribution in [2.24, 2.45) is 0 Å². The third kappa shape index (κ3) is 2.59. The van der Waals surface area contributed by atoms with E-state index in [1.54, 1.807) is 10.9 Å². The summed E-state index contributed by atoms with van der Waals surface area (Å²) >= 11 is 1.48. The largest absolute Gasteiger partial charge is 0.440 e. The molecule has 2 N–H and O–H groups in total. The first-order valence-electron chi connectivity index (χ1n) is 7.14. The summed E-state index contributed by atoms with van der Waals surface area (Å²) in [7, 11) is 0. The first-order chi connectivity index (χ1) is 10.8. The minimum atomic E-state index is 0.485. The number of nitrogens with zero attached hydrogens (tertiary/aromatic N) is 4. The normalized spacial score (nSPS) is 14.4. The second-order valence-corrected chi connectivity index (χ2v) is 6.20. The Morgan fingerprint density at radius 2 is 2.05 bits per heavy atom. The van der Waals surface area contributed by atoms with Crippen molar-refractivity contribution in [3.63, 3.8) is 0 Å². The van der Waals surface area contributed by atoms with E-state index in [0.29, 0.717) is 22.7 Å². The molecule has 0 spiro atoms. The number of hydrogen-bond donors (Lipinski definition) is 1. The van der Waals surface area contributed by atoms with E-state index >= 15 is 0 Å². The van der Waals surface area contributed by atoms with Gasteiger partial charge in [-0.25, -0.2) is 9.66 Å². The molecule has 4 rings (SSSR count). The number of hydrogen-bond acceptors (Lipinski definition) is 6. The molecule has 22 heavy (non-hydrogen) atoms. The quantitative estimate of drug-likeness (QED) is 0.576. The first-order valence-corrected chi connectivity index (χ1v) is 8.13. The van der Waals surface area contributed by atoms with Crippen molar-refractivity contribution < 1.29 is 4.42 Å². The first kappa shape index (κ1) is 13.4. The van der Waals surface area contributed by atoms with Crippen LogP contribution in [0.3, 0.4) is 0 Å². The molecule has 1 aliphatic rings. The van der Waals surface area contributed by atoms with Crippen molar-refractivity contribution in [3.8, 4) is 11.3 Å². The van der Waals surface area contributed by atoms with Gasteiger partial charge in [-0.05, 0) is 12.8 Å². The Hall–Kier alpha value is -2.28. The van der Waals surface area contributed by atoms with Gasteiger partial charge < -0.3 is 10.3 Å². The molecule has 1 aliphatic carbocycles. The molecular formula is C15H15N5OS. The lowest BCUT2D eigenvalue weighted by Crippen LogP contribution is -2.13. The summed E-state index contributed by atoms with van der Waals surface area (Å²) in [6, 6.07) is 9.92. The number of thioether (sulfide) groups is 1. The van der Waals surface area contributed by atoms with E-state index in [1.807, 2.05) is 30.3 Å². The van der Waals surface area contributed by atoms with Gasteiger partial charge in [0.25, 0.3) is 0 Å². The van der Waals surface area contributed by atoms with Gasteiger partial charge in [-0.3, -0.25) is 0 Å². The van der Waals surface area contributed by atoms with Crippen LogP contribution >= 0.6 is 11.8 Å². The standard InChI is InChI=1S/C15H15N5OS/c16-20-14(11-6-7-11)18-19-15(20)22-9-13-17-8-12(21-13)10-4-2-1-3-5-10/h1-5,8,11H,6-7,9,16H2. The average molecular weight is 313 g/mol. The van der Waals surface area contributed by atoms with Crippen molar-refractivity contribution in [3.05, 3.63) is 48.2 Å². The summed E-state index contributed by atoms with van der Waals surface area (Å²) in [5.41, 5.74) is 1.02. The van der Waals surface area contributed by atoms with E-state index < -0.39 is 0 Å². The van der Waals surface area contributed by atoms with Crippen molar-refractivity contribution in [2.75, 3.05) is 5.84 Å². The molecule has 2 heterocycles. The number of nitrogen functional groups attached to an aromatic ring is 1. The summed E-state index contributed by atoms with van der Waals surface area (Å²) in [4.78, 5) is 4.31. The van der Waals surface area contributed by atoms with Crippen LogP contribution in [0.4, 0.5) is 0 Å². The van der Waals surface area contributed by atoms with Crippen molar-refractivity contribution in [2.45, 2.75) is 29.7 Å². The highest BCUT2D eigenvalue weighted by Gasteiger charge is 2.29. The van der Waals surface area contributed by atoms with Crippen LogP contribution in [-0.2, 0) is 5.75 Å². The number of nitrogens with two attached hydrogens (primary N) is 1. The van der Waals surface area contributed by atoms with E-state index in [2.05, 4.69) is 15.2 Å². The minimum absolute atomic E-state index is 0.485. The highest BCUT2D eigenvalue weighted by atomic mass is 32.2. The average Bonchev–Trinajstić information content (AvgIpc) is 3.16. The molecule has 112 valence electrons. The Morgan fingerprint density at radius 1 is 1.23 bits per heavy atom. The lowest BCUT2D eigenvalue weighted by atomic mass is 10.2. The molecule has 0 amide bonds. The molecule has 0 atom stereocenters. The lowest BCUT2D eigenvalue weighted by Gasteiger charge is -2.00. The SMILES string of the molecule is Nn1c(SCc2ncc(-c3ccccc3)o2)nnc1C1CC1. The topological polar surface area (TPSA) is 82.8 Å². The zero-order valence-corrected chi connectivity index (χ0v) is 12.7. The minimum Gasteiger partial charge on any atom is -0.440 e. The van der Waals surface area contributed by atoms with Gasteiger partial charge in [0.2, 0.25) is 11.0 Å². The van der Waals surface area contributed by atoms with Crippen LogP contribution in [0.5, 0.6) is 0 Å². The summed E-state index contributed by atoms with van der Waals surface area (Å²) < 4.78 is 7.35. The van der Waals surface area contributed by atoms with E-state index in [9.17, 15) is 0 Å². The van der Waals surface area contributed by atoms with Crippen LogP contribution in [0.2, 0.25) is 0 Å². The maximum absolute atomic E-state index is 6.02. The van der Waals surface area contributed by atoms with Gasteiger partial charge >= 0.3 is 0 Å². The van der Waals surface area contributed by atoms with E-state index in [4.69, 9.17) is 10.3 Å². The predicted molar refractivity (Wildman–Crippen MR) is 83.6 cm³/mol. The Bertz CT molecular complexity index is 778. The zero-order chi connectivity index (χ0) is 14.9. The molecule has 0 saturated heterocycles. The third-order valence-corrected chi connectivity index (χ3v) is 4.50. The van der Waals surface area contributed by atoms with E-state index in [1.165, 1.54) is 11.8 Å². The molecule has 6 nitrogen and oxygen atoms in total. The maximum atomic E-state index is 6.02. The molecule has 0 unspecified atom stereocenters. The summed E-state index contributed by atoms with van der Waals surface area (Å²) in [5, 5.41) is 8.99. The molecule has 0 aliphatic heterocycles. The smallest absolute Gasteiger partial charge is 0.210 e. The Kier molecular flexibility index (Phi) is 3.34. The van der Waals surface area contributed by atoms with Gasteiger partial charge in [0, 0.05) is 11.5 Å². The fourth-order valence-electron chi connectivity index (χ4n) is 2.25. The number of aromatic nitrogens is 4. The molecule has 2 aromatic heterocycles. The number of oxazole rings is 1. The van der Waals surface area contributed by atoms with Crippen molar-refractivity contribution in [1.82, 2.24) is 19.9 Å². The fraction of sp³-hybridized carbons (Fsp3) is 0.267. The highest BCUT2D eigenvalue weighted by Crippen LogP contribution is 2.39. The van der Waals surface area contributed by atoms with Crippen LogP contribution in [0, 0.1) is 0 Å². The molecule has 7 heteroatoms. The molecule has 1 aromatic carbocycles. The lowest BCUT2D eigenvalue weighted by molar-refractivity contribution is 0.529. The van der Waals surface area contributed by atoms with Crippen LogP contribution in [0.1, 0.15) is 30.5 Å². The number of benzene rings is 1. The molecule has 0 bridgehead atoms. The van der Waals surface area contributed by atoms with Gasteiger partial charge in [0.15, 0.2) is 11.6 Å². The third-order valence-electron chi connectivity index (χ3n) is 3.57. The van der Waals surface area contributed by atoms with Gasteiger partial charge in [0.1, 0.15) is 0 Å². The van der Waals surface area contributed by atoms with Crippen LogP contribution in [-0.4, -0.2) is 19.9 Å². The van der Waals surface area contributed by atoms with Crippen molar-refractivity contribution >= 4 is 11.8 Å².